The Kier molecular flexibility index (Phi) is 3.36. The van der Waals surface area contributed by atoms with Crippen LogP contribution < -0.4 is 10.1 Å². The van der Waals surface area contributed by atoms with E-state index in [1.807, 2.05) is 12.1 Å². The highest BCUT2D eigenvalue weighted by atomic mass is 19.4. The van der Waals surface area contributed by atoms with E-state index >= 15 is 0 Å². The summed E-state index contributed by atoms with van der Waals surface area (Å²) < 4.78 is 40.1. The first-order chi connectivity index (χ1) is 10.4. The minimum absolute atomic E-state index is 0.239. The van der Waals surface area contributed by atoms with Gasteiger partial charge in [0.1, 0.15) is 5.75 Å². The van der Waals surface area contributed by atoms with Crippen molar-refractivity contribution >= 4 is 23.2 Å². The average Bonchev–Trinajstić information content (AvgIpc) is 2.76. The van der Waals surface area contributed by atoms with Gasteiger partial charge in [0, 0.05) is 16.8 Å². The molecule has 0 aromatic heterocycles. The van der Waals surface area contributed by atoms with Crippen LogP contribution in [0, 0.1) is 0 Å². The number of para-hydroxylation sites is 1. The van der Waals surface area contributed by atoms with E-state index in [2.05, 4.69) is 10.1 Å². The molecule has 0 atom stereocenters. The number of nitrogens with one attached hydrogen (secondary N) is 1. The van der Waals surface area contributed by atoms with Crippen molar-refractivity contribution in [3.63, 3.8) is 0 Å². The van der Waals surface area contributed by atoms with Crippen molar-refractivity contribution in [3.8, 4) is 5.75 Å². The fourth-order valence-corrected chi connectivity index (χ4v) is 2.21. The molecule has 0 fully saturated rings. The smallest absolute Gasteiger partial charge is 0.406 e. The Morgan fingerprint density at radius 2 is 1.68 bits per heavy atom. The first kappa shape index (κ1) is 14.2. The third-order valence-electron chi connectivity index (χ3n) is 3.13. The lowest BCUT2D eigenvalue weighted by Gasteiger charge is -2.08. The molecule has 112 valence electrons. The molecule has 1 amide bonds. The number of carbonyl (C=O) groups is 1. The van der Waals surface area contributed by atoms with E-state index in [0.717, 1.165) is 11.3 Å². The lowest BCUT2D eigenvalue weighted by atomic mass is 10.0. The molecule has 0 aliphatic carbocycles. The first-order valence-corrected chi connectivity index (χ1v) is 6.41. The lowest BCUT2D eigenvalue weighted by molar-refractivity contribution is -0.274. The van der Waals surface area contributed by atoms with Gasteiger partial charge in [0.15, 0.2) is 0 Å². The Labute approximate surface area is 124 Å². The zero-order valence-corrected chi connectivity index (χ0v) is 11.1. The molecule has 1 heterocycles. The number of anilines is 1. The quantitative estimate of drug-likeness (QED) is 0.849. The number of ether oxygens (including phenoxy) is 1. The Morgan fingerprint density at radius 3 is 2.36 bits per heavy atom. The Balaban J connectivity index is 1.88. The molecule has 0 saturated carbocycles. The van der Waals surface area contributed by atoms with Crippen LogP contribution in [0.25, 0.3) is 11.6 Å². The lowest BCUT2D eigenvalue weighted by Crippen LogP contribution is -2.16. The first-order valence-electron chi connectivity index (χ1n) is 6.41. The standard InChI is InChI=1S/C16H10F3NO2/c17-16(18,19)22-11-7-5-10(6-8-11)9-13-12-3-1-2-4-14(12)20-15(13)21/h1-9H,(H,20,21)/b13-9+. The summed E-state index contributed by atoms with van der Waals surface area (Å²) in [6, 6.07) is 12.6. The Morgan fingerprint density at radius 1 is 1.00 bits per heavy atom. The zero-order chi connectivity index (χ0) is 15.7. The molecule has 3 nitrogen and oxygen atoms in total. The molecule has 0 radical (unpaired) electrons. The molecule has 2 aromatic rings. The highest BCUT2D eigenvalue weighted by Crippen LogP contribution is 2.33. The van der Waals surface area contributed by atoms with Crippen LogP contribution in [-0.2, 0) is 4.79 Å². The summed E-state index contributed by atoms with van der Waals surface area (Å²) in [5.41, 5.74) is 2.57. The largest absolute Gasteiger partial charge is 0.573 e. The van der Waals surface area contributed by atoms with Crippen molar-refractivity contribution in [1.29, 1.82) is 0 Å². The molecule has 1 aliphatic rings. The van der Waals surface area contributed by atoms with Crippen LogP contribution >= 0.6 is 0 Å². The number of hydrogen-bond acceptors (Lipinski definition) is 2. The second-order valence-electron chi connectivity index (χ2n) is 4.67. The van der Waals surface area contributed by atoms with E-state index < -0.39 is 6.36 Å². The van der Waals surface area contributed by atoms with E-state index in [-0.39, 0.29) is 11.7 Å². The van der Waals surface area contributed by atoms with E-state index in [1.165, 1.54) is 24.3 Å². The molecular weight excluding hydrogens is 295 g/mol. The van der Waals surface area contributed by atoms with Gasteiger partial charge < -0.3 is 10.1 Å². The molecule has 3 rings (SSSR count). The summed E-state index contributed by atoms with van der Waals surface area (Å²) in [6.07, 6.45) is -3.09. The van der Waals surface area contributed by atoms with Gasteiger partial charge in [-0.25, -0.2) is 0 Å². The number of halogens is 3. The molecule has 1 aliphatic heterocycles. The van der Waals surface area contributed by atoms with Gasteiger partial charge in [0.25, 0.3) is 5.91 Å². The van der Waals surface area contributed by atoms with Gasteiger partial charge in [-0.05, 0) is 29.8 Å². The fourth-order valence-electron chi connectivity index (χ4n) is 2.21. The summed E-state index contributed by atoms with van der Waals surface area (Å²) in [6.45, 7) is 0. The number of carbonyl (C=O) groups excluding carboxylic acids is 1. The number of fused-ring (bicyclic) bond motifs is 1. The summed E-state index contributed by atoms with van der Waals surface area (Å²) in [4.78, 5) is 11.9. The monoisotopic (exact) mass is 305 g/mol. The van der Waals surface area contributed by atoms with Crippen molar-refractivity contribution in [2.24, 2.45) is 0 Å². The number of rotatable bonds is 2. The molecule has 0 saturated heterocycles. The zero-order valence-electron chi connectivity index (χ0n) is 11.1. The minimum atomic E-state index is -4.72. The van der Waals surface area contributed by atoms with E-state index in [1.54, 1.807) is 18.2 Å². The van der Waals surface area contributed by atoms with Crippen LogP contribution in [0.3, 0.4) is 0 Å². The summed E-state index contributed by atoms with van der Waals surface area (Å²) in [5, 5.41) is 2.73. The summed E-state index contributed by atoms with van der Waals surface area (Å²) >= 11 is 0. The van der Waals surface area contributed by atoms with Gasteiger partial charge in [0.2, 0.25) is 0 Å². The van der Waals surface area contributed by atoms with E-state index in [4.69, 9.17) is 0 Å². The van der Waals surface area contributed by atoms with Gasteiger partial charge in [-0.3, -0.25) is 4.79 Å². The second kappa shape index (κ2) is 5.22. The van der Waals surface area contributed by atoms with Crippen molar-refractivity contribution in [3.05, 3.63) is 59.7 Å². The second-order valence-corrected chi connectivity index (χ2v) is 4.67. The third kappa shape index (κ3) is 2.95. The van der Waals surface area contributed by atoms with Crippen LogP contribution in [-0.4, -0.2) is 12.3 Å². The predicted octanol–water partition coefficient (Wildman–Crippen LogP) is 4.08. The van der Waals surface area contributed by atoms with Gasteiger partial charge >= 0.3 is 6.36 Å². The van der Waals surface area contributed by atoms with Gasteiger partial charge in [-0.2, -0.15) is 0 Å². The highest BCUT2D eigenvalue weighted by molar-refractivity contribution is 6.34. The SMILES string of the molecule is O=C1Nc2ccccc2/C1=C\c1ccc(OC(F)(F)F)cc1. The van der Waals surface area contributed by atoms with Crippen LogP contribution in [0.2, 0.25) is 0 Å². The molecule has 1 N–H and O–H groups in total. The van der Waals surface area contributed by atoms with Crippen LogP contribution in [0.5, 0.6) is 5.75 Å². The number of alkyl halides is 3. The normalized spacial score (nSPS) is 15.6. The Bertz CT molecular complexity index is 749. The molecule has 2 aromatic carbocycles. The van der Waals surface area contributed by atoms with E-state index in [9.17, 15) is 18.0 Å². The van der Waals surface area contributed by atoms with Gasteiger partial charge in [-0.1, -0.05) is 30.3 Å². The fraction of sp³-hybridized carbons (Fsp3) is 0.0625. The molecule has 6 heteroatoms. The highest BCUT2D eigenvalue weighted by Gasteiger charge is 2.31. The topological polar surface area (TPSA) is 38.3 Å². The summed E-state index contributed by atoms with van der Waals surface area (Å²) in [5.74, 6) is -0.539. The molecule has 0 spiro atoms. The number of hydrogen-bond donors (Lipinski definition) is 1. The van der Waals surface area contributed by atoms with Crippen molar-refractivity contribution < 1.29 is 22.7 Å². The maximum absolute atomic E-state index is 12.1. The Hall–Kier alpha value is -2.76. The predicted molar refractivity (Wildman–Crippen MR) is 76.1 cm³/mol. The molecule has 22 heavy (non-hydrogen) atoms. The van der Waals surface area contributed by atoms with Gasteiger partial charge in [0.05, 0.1) is 0 Å². The van der Waals surface area contributed by atoms with Crippen molar-refractivity contribution in [1.82, 2.24) is 0 Å². The molecular formula is C16H10F3NO2. The van der Waals surface area contributed by atoms with E-state index in [0.29, 0.717) is 11.1 Å². The number of amides is 1. The minimum Gasteiger partial charge on any atom is -0.406 e. The van der Waals surface area contributed by atoms with Crippen LogP contribution in [0.4, 0.5) is 18.9 Å². The van der Waals surface area contributed by atoms with Crippen molar-refractivity contribution in [2.75, 3.05) is 5.32 Å². The van der Waals surface area contributed by atoms with Gasteiger partial charge in [-0.15, -0.1) is 13.2 Å². The maximum atomic E-state index is 12.1. The average molecular weight is 305 g/mol. The maximum Gasteiger partial charge on any atom is 0.573 e. The third-order valence-corrected chi connectivity index (χ3v) is 3.13. The number of benzene rings is 2. The molecule has 0 unspecified atom stereocenters. The van der Waals surface area contributed by atoms with Crippen LogP contribution in [0.15, 0.2) is 48.5 Å². The molecule has 0 bridgehead atoms. The van der Waals surface area contributed by atoms with Crippen LogP contribution in [0.1, 0.15) is 11.1 Å². The summed E-state index contributed by atoms with van der Waals surface area (Å²) in [7, 11) is 0. The van der Waals surface area contributed by atoms with Crippen molar-refractivity contribution in [2.45, 2.75) is 6.36 Å².